The predicted octanol–water partition coefficient (Wildman–Crippen LogP) is 3.28. The fourth-order valence-electron chi connectivity index (χ4n) is 1.00. The summed E-state index contributed by atoms with van der Waals surface area (Å²) in [6.45, 7) is 6.18. The molecule has 0 saturated carbocycles. The van der Waals surface area contributed by atoms with Crippen LogP contribution in [0, 0.1) is 17.2 Å². The highest BCUT2D eigenvalue weighted by Crippen LogP contribution is 2.16. The van der Waals surface area contributed by atoms with Crippen molar-refractivity contribution in [1.82, 2.24) is 0 Å². The van der Waals surface area contributed by atoms with Gasteiger partial charge in [0.15, 0.2) is 0 Å². The first-order valence-corrected chi connectivity index (χ1v) is 4.28. The zero-order valence-corrected chi connectivity index (χ0v) is 7.72. The summed E-state index contributed by atoms with van der Waals surface area (Å²) in [6, 6.07) is 2.32. The molecule has 0 fully saturated rings. The number of nitrogens with zero attached hydrogens (tertiary/aromatic N) is 1. The van der Waals surface area contributed by atoms with Gasteiger partial charge in [0.05, 0.1) is 12.0 Å². The van der Waals surface area contributed by atoms with Gasteiger partial charge in [-0.25, -0.2) is 0 Å². The summed E-state index contributed by atoms with van der Waals surface area (Å²) >= 11 is 0. The summed E-state index contributed by atoms with van der Waals surface area (Å²) in [4.78, 5) is 0. The zero-order valence-electron chi connectivity index (χ0n) is 7.72. The van der Waals surface area contributed by atoms with Gasteiger partial charge < -0.3 is 0 Å². The zero-order chi connectivity index (χ0) is 8.69. The second kappa shape index (κ2) is 5.97. The van der Waals surface area contributed by atoms with Gasteiger partial charge in [0.2, 0.25) is 0 Å². The van der Waals surface area contributed by atoms with E-state index in [-0.39, 0.29) is 5.92 Å². The molecule has 0 aromatic rings. The van der Waals surface area contributed by atoms with Crippen molar-refractivity contribution in [3.8, 4) is 6.07 Å². The van der Waals surface area contributed by atoms with Gasteiger partial charge in [-0.1, -0.05) is 31.4 Å². The number of hydrogen-bond acceptors (Lipinski definition) is 1. The lowest BCUT2D eigenvalue weighted by Gasteiger charge is -2.07. The lowest BCUT2D eigenvalue weighted by molar-refractivity contribution is 0.626. The number of nitriles is 1. The molecule has 0 aromatic carbocycles. The maximum absolute atomic E-state index is 8.76. The number of hydrogen-bond donors (Lipinski definition) is 0. The lowest BCUT2D eigenvalue weighted by atomic mass is 9.96. The monoisotopic (exact) mass is 151 g/mol. The molecule has 0 spiro atoms. The van der Waals surface area contributed by atoms with E-state index in [1.807, 2.05) is 19.9 Å². The second-order valence-corrected chi connectivity index (χ2v) is 2.86. The third-order valence-corrected chi connectivity index (χ3v) is 2.01. The van der Waals surface area contributed by atoms with E-state index < -0.39 is 0 Å². The van der Waals surface area contributed by atoms with Gasteiger partial charge in [0, 0.05) is 0 Å². The standard InChI is InChI=1S/C10H17N/c1-4-6-7-10(8-11)9(3)5-2/h5,10H,4,6-7H2,1-3H3/b9-5+/t10-/m0/s1. The van der Waals surface area contributed by atoms with E-state index in [0.717, 1.165) is 12.8 Å². The topological polar surface area (TPSA) is 23.8 Å². The molecule has 0 aliphatic heterocycles. The van der Waals surface area contributed by atoms with Crippen molar-refractivity contribution in [2.24, 2.45) is 5.92 Å². The van der Waals surface area contributed by atoms with E-state index in [2.05, 4.69) is 13.0 Å². The van der Waals surface area contributed by atoms with Crippen LogP contribution in [0.1, 0.15) is 40.0 Å². The summed E-state index contributed by atoms with van der Waals surface area (Å²) in [6.07, 6.45) is 5.38. The molecule has 0 aliphatic rings. The normalized spacial score (nSPS) is 14.2. The predicted molar refractivity (Wildman–Crippen MR) is 48.1 cm³/mol. The summed E-state index contributed by atoms with van der Waals surface area (Å²) in [7, 11) is 0. The molecule has 11 heavy (non-hydrogen) atoms. The molecule has 0 unspecified atom stereocenters. The fourth-order valence-corrected chi connectivity index (χ4v) is 1.00. The largest absolute Gasteiger partial charge is 0.198 e. The third kappa shape index (κ3) is 3.83. The summed E-state index contributed by atoms with van der Waals surface area (Å²) in [5, 5.41) is 8.76. The van der Waals surface area contributed by atoms with Crippen molar-refractivity contribution in [3.63, 3.8) is 0 Å². The molecule has 0 aromatic heterocycles. The maximum atomic E-state index is 8.76. The van der Waals surface area contributed by atoms with Crippen molar-refractivity contribution in [1.29, 1.82) is 5.26 Å². The Morgan fingerprint density at radius 1 is 1.64 bits per heavy atom. The Labute approximate surface area is 69.7 Å². The van der Waals surface area contributed by atoms with E-state index in [1.54, 1.807) is 0 Å². The molecule has 0 radical (unpaired) electrons. The van der Waals surface area contributed by atoms with Gasteiger partial charge in [0.1, 0.15) is 0 Å². The first-order valence-electron chi connectivity index (χ1n) is 4.28. The molecule has 1 nitrogen and oxygen atoms in total. The Morgan fingerprint density at radius 3 is 2.64 bits per heavy atom. The molecule has 1 atom stereocenters. The van der Waals surface area contributed by atoms with Crippen molar-refractivity contribution in [2.45, 2.75) is 40.0 Å². The van der Waals surface area contributed by atoms with Gasteiger partial charge in [-0.15, -0.1) is 0 Å². The highest BCUT2D eigenvalue weighted by molar-refractivity contribution is 5.10. The van der Waals surface area contributed by atoms with Crippen LogP contribution >= 0.6 is 0 Å². The third-order valence-electron chi connectivity index (χ3n) is 2.01. The minimum atomic E-state index is 0.153. The van der Waals surface area contributed by atoms with Crippen molar-refractivity contribution in [3.05, 3.63) is 11.6 Å². The average molecular weight is 151 g/mol. The van der Waals surface area contributed by atoms with Crippen LogP contribution in [-0.4, -0.2) is 0 Å². The smallest absolute Gasteiger partial charge is 0.0700 e. The summed E-state index contributed by atoms with van der Waals surface area (Å²) in [5.74, 6) is 0.153. The summed E-state index contributed by atoms with van der Waals surface area (Å²) < 4.78 is 0. The van der Waals surface area contributed by atoms with E-state index in [9.17, 15) is 0 Å². The molecule has 62 valence electrons. The second-order valence-electron chi connectivity index (χ2n) is 2.86. The molecule has 0 heterocycles. The van der Waals surface area contributed by atoms with Crippen LogP contribution in [0.2, 0.25) is 0 Å². The van der Waals surface area contributed by atoms with Crippen LogP contribution in [0.4, 0.5) is 0 Å². The van der Waals surface area contributed by atoms with Gasteiger partial charge in [0.25, 0.3) is 0 Å². The molecule has 0 saturated heterocycles. The molecule has 0 aliphatic carbocycles. The molecule has 0 N–H and O–H groups in total. The Balaban J connectivity index is 3.88. The molecule has 0 rings (SSSR count). The minimum Gasteiger partial charge on any atom is -0.198 e. The van der Waals surface area contributed by atoms with Gasteiger partial charge in [-0.05, 0) is 20.3 Å². The molecular weight excluding hydrogens is 134 g/mol. The molecular formula is C10H17N. The molecule has 0 amide bonds. The SMILES string of the molecule is C/C=C(\C)[C@H](C#N)CCCC. The highest BCUT2D eigenvalue weighted by atomic mass is 14.3. The van der Waals surface area contributed by atoms with Crippen molar-refractivity contribution < 1.29 is 0 Å². The van der Waals surface area contributed by atoms with Crippen LogP contribution in [0.25, 0.3) is 0 Å². The Morgan fingerprint density at radius 2 is 2.27 bits per heavy atom. The van der Waals surface area contributed by atoms with E-state index in [0.29, 0.717) is 0 Å². The maximum Gasteiger partial charge on any atom is 0.0700 e. The van der Waals surface area contributed by atoms with Crippen molar-refractivity contribution in [2.75, 3.05) is 0 Å². The molecule has 0 bridgehead atoms. The van der Waals surface area contributed by atoms with Crippen LogP contribution in [0.15, 0.2) is 11.6 Å². The Bertz CT molecular complexity index is 162. The summed E-state index contributed by atoms with van der Waals surface area (Å²) in [5.41, 5.74) is 1.21. The fraction of sp³-hybridized carbons (Fsp3) is 0.700. The number of unbranched alkanes of at least 4 members (excludes halogenated alkanes) is 1. The minimum absolute atomic E-state index is 0.153. The van der Waals surface area contributed by atoms with Crippen LogP contribution in [0.3, 0.4) is 0 Å². The van der Waals surface area contributed by atoms with Gasteiger partial charge in [-0.2, -0.15) is 5.26 Å². The van der Waals surface area contributed by atoms with Crippen LogP contribution < -0.4 is 0 Å². The Kier molecular flexibility index (Phi) is 5.56. The van der Waals surface area contributed by atoms with E-state index in [1.165, 1.54) is 12.0 Å². The highest BCUT2D eigenvalue weighted by Gasteiger charge is 2.06. The Hall–Kier alpha value is -0.770. The quantitative estimate of drug-likeness (QED) is 0.566. The van der Waals surface area contributed by atoms with Crippen LogP contribution in [-0.2, 0) is 0 Å². The lowest BCUT2D eigenvalue weighted by Crippen LogP contribution is -1.97. The van der Waals surface area contributed by atoms with Gasteiger partial charge >= 0.3 is 0 Å². The molecule has 1 heteroatoms. The van der Waals surface area contributed by atoms with Gasteiger partial charge in [-0.3, -0.25) is 0 Å². The van der Waals surface area contributed by atoms with E-state index >= 15 is 0 Å². The van der Waals surface area contributed by atoms with E-state index in [4.69, 9.17) is 5.26 Å². The number of rotatable bonds is 4. The first-order chi connectivity index (χ1) is 5.26. The van der Waals surface area contributed by atoms with Crippen LogP contribution in [0.5, 0.6) is 0 Å². The first kappa shape index (κ1) is 10.2. The average Bonchev–Trinajstić information content (AvgIpc) is 2.05. The van der Waals surface area contributed by atoms with Crippen molar-refractivity contribution >= 4 is 0 Å². The number of allylic oxidation sites excluding steroid dienone is 2.